The third-order valence-corrected chi connectivity index (χ3v) is 4.70. The maximum Gasteiger partial charge on any atom is 0.0639 e. The summed E-state index contributed by atoms with van der Waals surface area (Å²) < 4.78 is 0. The van der Waals surface area contributed by atoms with Gasteiger partial charge in [-0.2, -0.15) is 0 Å². The van der Waals surface area contributed by atoms with Crippen LogP contribution in [0.25, 0.3) is 11.6 Å². The monoisotopic (exact) mass is 376 g/mol. The molecular formula is C26H29Cl. The Morgan fingerprint density at radius 2 is 1.78 bits per heavy atom. The molecule has 0 saturated carbocycles. The molecule has 0 fully saturated rings. The number of alkyl halides is 1. The van der Waals surface area contributed by atoms with E-state index in [0.717, 1.165) is 17.6 Å². The molecule has 0 amide bonds. The van der Waals surface area contributed by atoms with Crippen LogP contribution in [0.4, 0.5) is 0 Å². The number of hydrogen-bond acceptors (Lipinski definition) is 0. The summed E-state index contributed by atoms with van der Waals surface area (Å²) in [6.07, 6.45) is 11.6. The topological polar surface area (TPSA) is 0 Å². The molecular weight excluding hydrogens is 348 g/mol. The molecule has 0 nitrogen and oxygen atoms in total. The molecule has 0 bridgehead atoms. The van der Waals surface area contributed by atoms with Gasteiger partial charge in [0.2, 0.25) is 0 Å². The highest BCUT2D eigenvalue weighted by Crippen LogP contribution is 2.29. The Morgan fingerprint density at radius 1 is 1.07 bits per heavy atom. The summed E-state index contributed by atoms with van der Waals surface area (Å²) in [5.74, 6) is 0. The molecule has 0 radical (unpaired) electrons. The van der Waals surface area contributed by atoms with Gasteiger partial charge in [0.1, 0.15) is 0 Å². The molecule has 0 aliphatic rings. The van der Waals surface area contributed by atoms with E-state index in [-0.39, 0.29) is 4.87 Å². The van der Waals surface area contributed by atoms with E-state index in [1.807, 2.05) is 26.8 Å². The lowest BCUT2D eigenvalue weighted by atomic mass is 9.97. The Morgan fingerprint density at radius 3 is 2.41 bits per heavy atom. The van der Waals surface area contributed by atoms with Crippen LogP contribution in [0.5, 0.6) is 0 Å². The van der Waals surface area contributed by atoms with Crippen molar-refractivity contribution in [2.45, 2.75) is 39.0 Å². The minimum Gasteiger partial charge on any atom is -0.115 e. The molecule has 0 aliphatic heterocycles. The fourth-order valence-corrected chi connectivity index (χ4v) is 2.93. The Balaban J connectivity index is 2.06. The maximum absolute atomic E-state index is 6.44. The van der Waals surface area contributed by atoms with Gasteiger partial charge < -0.3 is 0 Å². The average molecular weight is 377 g/mol. The minimum atomic E-state index is -0.350. The first-order valence-electron chi connectivity index (χ1n) is 9.34. The molecule has 2 aromatic carbocycles. The summed E-state index contributed by atoms with van der Waals surface area (Å²) in [6, 6.07) is 16.8. The van der Waals surface area contributed by atoms with Gasteiger partial charge in [-0.3, -0.25) is 0 Å². The molecule has 0 heterocycles. The predicted octanol–water partition coefficient (Wildman–Crippen LogP) is 8.09. The standard InChI is InChI=1S/C26H29Cl/c1-20(2)25(22-13-10-8-11-14-22)16-12-7-6-9-15-23-19-24(26(4,5)27)18-17-21(23)3/h7-19H,1,6H2,2-5H3/b12-7-,15-9+,25-16+. The zero-order chi connectivity index (χ0) is 19.9. The van der Waals surface area contributed by atoms with E-state index in [1.54, 1.807) is 0 Å². The van der Waals surface area contributed by atoms with Crippen molar-refractivity contribution in [3.63, 3.8) is 0 Å². The predicted molar refractivity (Wildman–Crippen MR) is 122 cm³/mol. The second-order valence-electron chi connectivity index (χ2n) is 7.34. The average Bonchev–Trinajstić information content (AvgIpc) is 2.62. The Kier molecular flexibility index (Phi) is 7.45. The molecule has 0 aliphatic carbocycles. The van der Waals surface area contributed by atoms with Crippen LogP contribution in [-0.4, -0.2) is 0 Å². The molecule has 1 heteroatoms. The van der Waals surface area contributed by atoms with Crippen LogP contribution >= 0.6 is 11.6 Å². The molecule has 27 heavy (non-hydrogen) atoms. The summed E-state index contributed by atoms with van der Waals surface area (Å²) in [5.41, 5.74) is 7.05. The molecule has 0 unspecified atom stereocenters. The van der Waals surface area contributed by atoms with E-state index < -0.39 is 0 Å². The van der Waals surface area contributed by atoms with Crippen molar-refractivity contribution in [1.29, 1.82) is 0 Å². The first-order valence-corrected chi connectivity index (χ1v) is 9.71. The summed E-state index contributed by atoms with van der Waals surface area (Å²) >= 11 is 6.44. The third-order valence-electron chi connectivity index (χ3n) is 4.48. The van der Waals surface area contributed by atoms with E-state index in [2.05, 4.69) is 86.3 Å². The lowest BCUT2D eigenvalue weighted by molar-refractivity contribution is 0.765. The van der Waals surface area contributed by atoms with Crippen LogP contribution in [0.1, 0.15) is 49.4 Å². The van der Waals surface area contributed by atoms with Crippen LogP contribution in [0, 0.1) is 6.92 Å². The van der Waals surface area contributed by atoms with Crippen molar-refractivity contribution in [3.05, 3.63) is 107 Å². The van der Waals surface area contributed by atoms with Gasteiger partial charge in [-0.05, 0) is 68.0 Å². The Bertz CT molecular complexity index is 859. The van der Waals surface area contributed by atoms with Gasteiger partial charge in [-0.1, -0.05) is 85.0 Å². The summed E-state index contributed by atoms with van der Waals surface area (Å²) in [4.78, 5) is -0.350. The number of rotatable bonds is 7. The smallest absolute Gasteiger partial charge is 0.0639 e. The number of benzene rings is 2. The molecule has 140 valence electrons. The molecule has 0 atom stereocenters. The highest BCUT2D eigenvalue weighted by Gasteiger charge is 2.16. The van der Waals surface area contributed by atoms with Crippen molar-refractivity contribution in [2.24, 2.45) is 0 Å². The Hall–Kier alpha value is -2.31. The van der Waals surface area contributed by atoms with Gasteiger partial charge in [-0.25, -0.2) is 0 Å². The molecule has 0 aromatic heterocycles. The molecule has 0 N–H and O–H groups in total. The van der Waals surface area contributed by atoms with Gasteiger partial charge >= 0.3 is 0 Å². The third kappa shape index (κ3) is 6.41. The van der Waals surface area contributed by atoms with Crippen LogP contribution in [-0.2, 0) is 4.87 Å². The Labute approximate surface area is 169 Å². The highest BCUT2D eigenvalue weighted by atomic mass is 35.5. The first kappa shape index (κ1) is 21.0. The van der Waals surface area contributed by atoms with Crippen molar-refractivity contribution >= 4 is 23.3 Å². The van der Waals surface area contributed by atoms with Crippen molar-refractivity contribution in [2.75, 3.05) is 0 Å². The highest BCUT2D eigenvalue weighted by molar-refractivity contribution is 6.23. The van der Waals surface area contributed by atoms with E-state index in [9.17, 15) is 0 Å². The molecule has 2 rings (SSSR count). The van der Waals surface area contributed by atoms with Crippen molar-refractivity contribution < 1.29 is 0 Å². The molecule has 2 aromatic rings. The van der Waals surface area contributed by atoms with Gasteiger partial charge in [0.15, 0.2) is 0 Å². The quantitative estimate of drug-likeness (QED) is 0.338. The zero-order valence-electron chi connectivity index (χ0n) is 16.8. The van der Waals surface area contributed by atoms with E-state index in [4.69, 9.17) is 11.6 Å². The number of hydrogen-bond donors (Lipinski definition) is 0. The lowest BCUT2D eigenvalue weighted by Gasteiger charge is -2.17. The van der Waals surface area contributed by atoms with Crippen molar-refractivity contribution in [1.82, 2.24) is 0 Å². The maximum atomic E-state index is 6.44. The van der Waals surface area contributed by atoms with Gasteiger partial charge in [0, 0.05) is 0 Å². The minimum absolute atomic E-state index is 0.350. The lowest BCUT2D eigenvalue weighted by Crippen LogP contribution is -2.07. The van der Waals surface area contributed by atoms with Gasteiger partial charge in [0.05, 0.1) is 4.87 Å². The zero-order valence-corrected chi connectivity index (χ0v) is 17.6. The van der Waals surface area contributed by atoms with Crippen LogP contribution in [0.15, 0.2) is 85.0 Å². The van der Waals surface area contributed by atoms with E-state index >= 15 is 0 Å². The van der Waals surface area contributed by atoms with Crippen LogP contribution in [0.2, 0.25) is 0 Å². The fourth-order valence-electron chi connectivity index (χ4n) is 2.81. The van der Waals surface area contributed by atoms with Gasteiger partial charge in [-0.15, -0.1) is 11.6 Å². The van der Waals surface area contributed by atoms with Crippen LogP contribution < -0.4 is 0 Å². The summed E-state index contributed by atoms with van der Waals surface area (Å²) in [6.45, 7) is 12.3. The second-order valence-corrected chi connectivity index (χ2v) is 8.28. The second kappa shape index (κ2) is 9.58. The van der Waals surface area contributed by atoms with Crippen LogP contribution in [0.3, 0.4) is 0 Å². The number of allylic oxidation sites excluding steroid dienone is 6. The SMILES string of the molecule is C=C(C)/C(=C\C=C/C/C=C/c1cc(C(C)(C)Cl)ccc1C)c1ccccc1. The summed E-state index contributed by atoms with van der Waals surface area (Å²) in [7, 11) is 0. The first-order chi connectivity index (χ1) is 12.8. The largest absolute Gasteiger partial charge is 0.115 e. The van der Waals surface area contributed by atoms with Crippen molar-refractivity contribution in [3.8, 4) is 0 Å². The van der Waals surface area contributed by atoms with Gasteiger partial charge in [0.25, 0.3) is 0 Å². The summed E-state index contributed by atoms with van der Waals surface area (Å²) in [5, 5.41) is 0. The molecule has 0 spiro atoms. The fraction of sp³-hybridized carbons (Fsp3) is 0.231. The molecule has 0 saturated heterocycles. The number of halogens is 1. The van der Waals surface area contributed by atoms with E-state index in [1.165, 1.54) is 22.3 Å². The van der Waals surface area contributed by atoms with E-state index in [0.29, 0.717) is 0 Å². The normalized spacial score (nSPS) is 12.9. The number of aryl methyl sites for hydroxylation is 1.